The summed E-state index contributed by atoms with van der Waals surface area (Å²) in [5.41, 5.74) is 7.48. The zero-order valence-corrected chi connectivity index (χ0v) is 16.0. The molecule has 1 fully saturated rings. The second-order valence-electron chi connectivity index (χ2n) is 6.08. The third-order valence-corrected chi connectivity index (χ3v) is 4.33. The Hall–Kier alpha value is -2.31. The Morgan fingerprint density at radius 1 is 1.27 bits per heavy atom. The van der Waals surface area contributed by atoms with Gasteiger partial charge in [0.1, 0.15) is 5.75 Å². The molecule has 26 heavy (non-hydrogen) atoms. The molecule has 0 aliphatic carbocycles. The van der Waals surface area contributed by atoms with E-state index in [0.717, 1.165) is 56.3 Å². The van der Waals surface area contributed by atoms with Crippen LogP contribution in [-0.2, 0) is 0 Å². The molecule has 3 N–H and O–H groups in total. The zero-order valence-electron chi connectivity index (χ0n) is 15.2. The topological polar surface area (TPSA) is 53.8 Å². The van der Waals surface area contributed by atoms with Crippen molar-refractivity contribution in [3.8, 4) is 5.75 Å². The molecule has 1 aromatic rings. The van der Waals surface area contributed by atoms with Crippen LogP contribution in [-0.4, -0.2) is 54.2 Å². The monoisotopic (exact) mass is 372 g/mol. The standard InChI is InChI=1S/C20H28N4OS/c1-3-7-18(4-2)24-13-11-23(12-14-24)10-6-15-25-19-9-5-8-17(16-19)22-20(21)26/h3-5,7-9,16H,1-2,6,10-15H2,(H3,21,22,26)/b18-7+. The molecule has 1 aliphatic rings. The van der Waals surface area contributed by atoms with E-state index in [4.69, 9.17) is 22.7 Å². The van der Waals surface area contributed by atoms with E-state index in [0.29, 0.717) is 6.61 Å². The number of piperazine rings is 1. The quantitative estimate of drug-likeness (QED) is 0.395. The molecule has 140 valence electrons. The molecule has 1 heterocycles. The van der Waals surface area contributed by atoms with E-state index in [-0.39, 0.29) is 5.11 Å². The molecule has 0 unspecified atom stereocenters. The van der Waals surface area contributed by atoms with E-state index in [1.54, 1.807) is 0 Å². The molecular formula is C20H28N4OS. The molecule has 0 spiro atoms. The van der Waals surface area contributed by atoms with Gasteiger partial charge in [0, 0.05) is 50.2 Å². The minimum atomic E-state index is 0.254. The van der Waals surface area contributed by atoms with Crippen LogP contribution in [0.15, 0.2) is 61.3 Å². The fourth-order valence-corrected chi connectivity index (χ4v) is 3.05. The SMILES string of the molecule is C=C/C=C(\C=C)N1CCN(CCCOc2cccc(NC(N)=S)c2)CC1. The average molecular weight is 373 g/mol. The van der Waals surface area contributed by atoms with E-state index >= 15 is 0 Å². The number of hydrogen-bond acceptors (Lipinski definition) is 4. The molecule has 0 saturated carbocycles. The Bertz CT molecular complexity index is 651. The number of nitrogens with two attached hydrogens (primary N) is 1. The van der Waals surface area contributed by atoms with Crippen LogP contribution in [0.4, 0.5) is 5.69 Å². The number of ether oxygens (including phenoxy) is 1. The molecule has 1 aliphatic heterocycles. The Balaban J connectivity index is 1.68. The fourth-order valence-electron chi connectivity index (χ4n) is 2.94. The van der Waals surface area contributed by atoms with Gasteiger partial charge in [0.2, 0.25) is 0 Å². The maximum absolute atomic E-state index is 5.83. The van der Waals surface area contributed by atoms with Crippen LogP contribution in [0.3, 0.4) is 0 Å². The number of thiocarbonyl (C=S) groups is 1. The highest BCUT2D eigenvalue weighted by molar-refractivity contribution is 7.80. The van der Waals surface area contributed by atoms with Gasteiger partial charge in [-0.3, -0.25) is 4.90 Å². The summed E-state index contributed by atoms with van der Waals surface area (Å²) >= 11 is 4.85. The van der Waals surface area contributed by atoms with Gasteiger partial charge in [0.15, 0.2) is 5.11 Å². The van der Waals surface area contributed by atoms with Gasteiger partial charge in [0.05, 0.1) is 6.61 Å². The van der Waals surface area contributed by atoms with Crippen LogP contribution in [0.5, 0.6) is 5.75 Å². The van der Waals surface area contributed by atoms with Crippen LogP contribution in [0.25, 0.3) is 0 Å². The van der Waals surface area contributed by atoms with Gasteiger partial charge in [-0.25, -0.2) is 0 Å². The van der Waals surface area contributed by atoms with Gasteiger partial charge in [-0.2, -0.15) is 0 Å². The number of hydrogen-bond donors (Lipinski definition) is 2. The third kappa shape index (κ3) is 6.54. The van der Waals surface area contributed by atoms with Crippen LogP contribution in [0.2, 0.25) is 0 Å². The summed E-state index contributed by atoms with van der Waals surface area (Å²) in [5.74, 6) is 0.821. The highest BCUT2D eigenvalue weighted by atomic mass is 32.1. The largest absolute Gasteiger partial charge is 0.493 e. The molecule has 0 aromatic heterocycles. The number of nitrogens with one attached hydrogen (secondary N) is 1. The van der Waals surface area contributed by atoms with Crippen molar-refractivity contribution in [2.75, 3.05) is 44.6 Å². The first kappa shape index (κ1) is 20.0. The lowest BCUT2D eigenvalue weighted by Crippen LogP contribution is -2.45. The van der Waals surface area contributed by atoms with Gasteiger partial charge in [-0.1, -0.05) is 25.3 Å². The van der Waals surface area contributed by atoms with Gasteiger partial charge in [-0.15, -0.1) is 0 Å². The first-order valence-corrected chi connectivity index (χ1v) is 9.25. The first-order chi connectivity index (χ1) is 12.6. The Labute approximate surface area is 161 Å². The predicted octanol–water partition coefficient (Wildman–Crippen LogP) is 2.98. The third-order valence-electron chi connectivity index (χ3n) is 4.22. The summed E-state index contributed by atoms with van der Waals surface area (Å²) in [6, 6.07) is 7.67. The van der Waals surface area contributed by atoms with Gasteiger partial charge in [0.25, 0.3) is 0 Å². The number of anilines is 1. The average Bonchev–Trinajstić information content (AvgIpc) is 2.64. The zero-order chi connectivity index (χ0) is 18.8. The van der Waals surface area contributed by atoms with E-state index in [2.05, 4.69) is 28.3 Å². The molecule has 0 bridgehead atoms. The van der Waals surface area contributed by atoms with Crippen molar-refractivity contribution in [3.05, 3.63) is 61.3 Å². The van der Waals surface area contributed by atoms with E-state index < -0.39 is 0 Å². The van der Waals surface area contributed by atoms with E-state index in [9.17, 15) is 0 Å². The van der Waals surface area contributed by atoms with Gasteiger partial charge < -0.3 is 20.7 Å². The molecule has 0 amide bonds. The minimum absolute atomic E-state index is 0.254. The predicted molar refractivity (Wildman–Crippen MR) is 113 cm³/mol. The number of nitrogens with zero attached hydrogens (tertiary/aromatic N) is 2. The molecule has 5 nitrogen and oxygen atoms in total. The highest BCUT2D eigenvalue weighted by Gasteiger charge is 2.16. The second-order valence-corrected chi connectivity index (χ2v) is 6.52. The van der Waals surface area contributed by atoms with Crippen molar-refractivity contribution in [2.24, 2.45) is 5.73 Å². The van der Waals surface area contributed by atoms with Crippen molar-refractivity contribution in [1.29, 1.82) is 0 Å². The van der Waals surface area contributed by atoms with Crippen LogP contribution < -0.4 is 15.8 Å². The molecule has 6 heteroatoms. The van der Waals surface area contributed by atoms with Crippen molar-refractivity contribution in [3.63, 3.8) is 0 Å². The van der Waals surface area contributed by atoms with Gasteiger partial charge >= 0.3 is 0 Å². The Morgan fingerprint density at radius 2 is 2.04 bits per heavy atom. The van der Waals surface area contributed by atoms with Crippen molar-refractivity contribution in [1.82, 2.24) is 9.80 Å². The molecule has 0 radical (unpaired) electrons. The smallest absolute Gasteiger partial charge is 0.168 e. The normalized spacial score (nSPS) is 15.4. The summed E-state index contributed by atoms with van der Waals surface area (Å²) < 4.78 is 5.83. The maximum atomic E-state index is 5.83. The molecular weight excluding hydrogens is 344 g/mol. The van der Waals surface area contributed by atoms with Crippen molar-refractivity contribution >= 4 is 23.0 Å². The van der Waals surface area contributed by atoms with Crippen molar-refractivity contribution < 1.29 is 4.74 Å². The lowest BCUT2D eigenvalue weighted by Gasteiger charge is -2.36. The van der Waals surface area contributed by atoms with Crippen LogP contribution in [0, 0.1) is 0 Å². The van der Waals surface area contributed by atoms with E-state index in [1.165, 1.54) is 0 Å². The van der Waals surface area contributed by atoms with Gasteiger partial charge in [-0.05, 0) is 42.9 Å². The maximum Gasteiger partial charge on any atom is 0.168 e. The summed E-state index contributed by atoms with van der Waals surface area (Å²) in [6.45, 7) is 13.5. The number of allylic oxidation sites excluding steroid dienone is 3. The number of rotatable bonds is 9. The summed E-state index contributed by atoms with van der Waals surface area (Å²) in [7, 11) is 0. The molecule has 1 aromatic carbocycles. The fraction of sp³-hybridized carbons (Fsp3) is 0.350. The molecule has 1 saturated heterocycles. The Morgan fingerprint density at radius 3 is 2.69 bits per heavy atom. The molecule has 2 rings (SSSR count). The highest BCUT2D eigenvalue weighted by Crippen LogP contribution is 2.17. The minimum Gasteiger partial charge on any atom is -0.493 e. The Kier molecular flexibility index (Phi) is 8.18. The lowest BCUT2D eigenvalue weighted by atomic mass is 10.2. The second kappa shape index (κ2) is 10.6. The first-order valence-electron chi connectivity index (χ1n) is 8.84. The summed E-state index contributed by atoms with van der Waals surface area (Å²) in [5, 5.41) is 3.17. The molecule has 0 atom stereocenters. The van der Waals surface area contributed by atoms with Crippen LogP contribution >= 0.6 is 12.2 Å². The summed E-state index contributed by atoms with van der Waals surface area (Å²) in [6.07, 6.45) is 6.71. The number of benzene rings is 1. The van der Waals surface area contributed by atoms with E-state index in [1.807, 2.05) is 42.5 Å². The van der Waals surface area contributed by atoms with Crippen molar-refractivity contribution in [2.45, 2.75) is 6.42 Å². The summed E-state index contributed by atoms with van der Waals surface area (Å²) in [4.78, 5) is 4.82. The lowest BCUT2D eigenvalue weighted by molar-refractivity contribution is 0.152. The van der Waals surface area contributed by atoms with Crippen LogP contribution in [0.1, 0.15) is 6.42 Å².